The van der Waals surface area contributed by atoms with E-state index in [9.17, 15) is 8.42 Å². The van der Waals surface area contributed by atoms with Gasteiger partial charge in [0.1, 0.15) is 11.0 Å². The van der Waals surface area contributed by atoms with Crippen LogP contribution in [0.4, 0.5) is 10.9 Å². The van der Waals surface area contributed by atoms with Gasteiger partial charge in [-0.3, -0.25) is 0 Å². The average molecular weight is 400 g/mol. The normalized spacial score (nSPS) is 18.3. The van der Waals surface area contributed by atoms with E-state index in [-0.39, 0.29) is 10.0 Å². The van der Waals surface area contributed by atoms with Crippen molar-refractivity contribution < 1.29 is 13.2 Å². The van der Waals surface area contributed by atoms with E-state index in [1.54, 1.807) is 17.4 Å². The lowest BCUT2D eigenvalue weighted by atomic mass is 10.2. The Labute approximate surface area is 155 Å². The van der Waals surface area contributed by atoms with E-state index in [1.807, 2.05) is 0 Å². The fraction of sp³-hybridized carbons (Fsp3) is 0.500. The molecule has 1 aliphatic carbocycles. The van der Waals surface area contributed by atoms with E-state index in [1.165, 1.54) is 10.9 Å². The molecular weight excluding hydrogens is 382 g/mol. The second-order valence-electron chi connectivity index (χ2n) is 6.23. The summed E-state index contributed by atoms with van der Waals surface area (Å²) in [6, 6.07) is 2.96. The number of thiazole rings is 1. The highest BCUT2D eigenvalue weighted by molar-refractivity contribution is 7.92. The molecule has 0 radical (unpaired) electrons. The summed E-state index contributed by atoms with van der Waals surface area (Å²) in [5.74, 6) is 0.408. The fourth-order valence-electron chi connectivity index (χ4n) is 3.23. The molecule has 0 amide bonds. The number of aromatic nitrogens is 2. The van der Waals surface area contributed by atoms with Crippen molar-refractivity contribution in [1.29, 1.82) is 0 Å². The molecule has 3 heterocycles. The second kappa shape index (κ2) is 6.83. The third kappa shape index (κ3) is 3.53. The molecular formula is C16H18ClN3O3S2. The van der Waals surface area contributed by atoms with Crippen LogP contribution in [0.15, 0.2) is 17.0 Å². The highest BCUT2D eigenvalue weighted by Crippen LogP contribution is 2.33. The predicted molar refractivity (Wildman–Crippen MR) is 97.7 cm³/mol. The van der Waals surface area contributed by atoms with Gasteiger partial charge in [0, 0.05) is 18.1 Å². The van der Waals surface area contributed by atoms with E-state index < -0.39 is 15.1 Å². The highest BCUT2D eigenvalue weighted by Gasteiger charge is 2.30. The van der Waals surface area contributed by atoms with Crippen molar-refractivity contribution in [2.24, 2.45) is 0 Å². The summed E-state index contributed by atoms with van der Waals surface area (Å²) in [6.07, 6.45) is 4.22. The number of aryl methyl sites for hydroxylation is 2. The Morgan fingerprint density at radius 3 is 2.76 bits per heavy atom. The minimum Gasteiger partial charge on any atom is -0.381 e. The molecule has 2 aromatic heterocycles. The van der Waals surface area contributed by atoms with Crippen LogP contribution in [-0.2, 0) is 27.4 Å². The largest absolute Gasteiger partial charge is 0.381 e. The Balaban J connectivity index is 1.61. The molecule has 9 heteroatoms. The van der Waals surface area contributed by atoms with Crippen molar-refractivity contribution in [3.8, 4) is 0 Å². The molecule has 0 aromatic carbocycles. The smallest absolute Gasteiger partial charge is 0.188 e. The van der Waals surface area contributed by atoms with Crippen LogP contribution < -0.4 is 5.32 Å². The zero-order valence-corrected chi connectivity index (χ0v) is 15.9. The first-order valence-electron chi connectivity index (χ1n) is 8.27. The molecule has 1 saturated heterocycles. The molecule has 1 N–H and O–H groups in total. The number of ether oxygens (including phenoxy) is 1. The number of sulfone groups is 1. The van der Waals surface area contributed by atoms with Crippen LogP contribution in [0.1, 0.15) is 29.8 Å². The topological polar surface area (TPSA) is 81.2 Å². The summed E-state index contributed by atoms with van der Waals surface area (Å²) in [5.41, 5.74) is 1.13. The van der Waals surface area contributed by atoms with Gasteiger partial charge in [-0.25, -0.2) is 18.4 Å². The Hall–Kier alpha value is -1.22. The van der Waals surface area contributed by atoms with Gasteiger partial charge < -0.3 is 10.1 Å². The maximum Gasteiger partial charge on any atom is 0.188 e. The van der Waals surface area contributed by atoms with E-state index in [0.29, 0.717) is 31.9 Å². The van der Waals surface area contributed by atoms with Gasteiger partial charge in [0.05, 0.1) is 15.8 Å². The van der Waals surface area contributed by atoms with Crippen LogP contribution in [0.25, 0.3) is 0 Å². The van der Waals surface area contributed by atoms with E-state index in [4.69, 9.17) is 16.3 Å². The van der Waals surface area contributed by atoms with Gasteiger partial charge in [-0.05, 0) is 44.2 Å². The third-order valence-electron chi connectivity index (χ3n) is 4.53. The standard InChI is InChI=1S/C16H18ClN3O3S2/c17-14-8-11(25(21,22)10-4-6-23-7-5-10)9-15(19-14)20-16-18-12-2-1-3-13(12)24-16/h8-10H,1-7H2,(H,18,19,20). The van der Waals surface area contributed by atoms with Crippen LogP contribution in [0.2, 0.25) is 5.15 Å². The number of pyridine rings is 1. The molecule has 0 unspecified atom stereocenters. The zero-order valence-electron chi connectivity index (χ0n) is 13.5. The first-order chi connectivity index (χ1) is 12.0. The van der Waals surface area contributed by atoms with Gasteiger partial charge in [-0.15, -0.1) is 11.3 Å². The first kappa shape index (κ1) is 17.2. The summed E-state index contributed by atoms with van der Waals surface area (Å²) in [5, 5.41) is 3.56. The molecule has 2 aromatic rings. The van der Waals surface area contributed by atoms with Crippen LogP contribution in [0.3, 0.4) is 0 Å². The van der Waals surface area contributed by atoms with Crippen molar-refractivity contribution in [3.63, 3.8) is 0 Å². The average Bonchev–Trinajstić information content (AvgIpc) is 3.16. The number of nitrogens with one attached hydrogen (secondary N) is 1. The summed E-state index contributed by atoms with van der Waals surface area (Å²) in [7, 11) is -3.46. The monoisotopic (exact) mass is 399 g/mol. The van der Waals surface area contributed by atoms with Gasteiger partial charge in [-0.2, -0.15) is 0 Å². The maximum absolute atomic E-state index is 12.9. The van der Waals surface area contributed by atoms with Crippen molar-refractivity contribution in [2.75, 3.05) is 18.5 Å². The van der Waals surface area contributed by atoms with Crippen molar-refractivity contribution in [3.05, 3.63) is 27.9 Å². The minimum absolute atomic E-state index is 0.153. The minimum atomic E-state index is -3.46. The summed E-state index contributed by atoms with van der Waals surface area (Å²) < 4.78 is 31.0. The number of nitrogens with zero attached hydrogens (tertiary/aromatic N) is 2. The first-order valence-corrected chi connectivity index (χ1v) is 11.0. The van der Waals surface area contributed by atoms with Crippen LogP contribution in [0, 0.1) is 0 Å². The predicted octanol–water partition coefficient (Wildman–Crippen LogP) is 3.38. The molecule has 134 valence electrons. The van der Waals surface area contributed by atoms with Gasteiger partial charge in [-0.1, -0.05) is 11.6 Å². The molecule has 0 saturated carbocycles. The molecule has 4 rings (SSSR count). The molecule has 1 fully saturated rings. The number of hydrogen-bond acceptors (Lipinski definition) is 7. The molecule has 6 nitrogen and oxygen atoms in total. The van der Waals surface area contributed by atoms with Crippen LogP contribution in [0.5, 0.6) is 0 Å². The number of fused-ring (bicyclic) bond motifs is 1. The molecule has 25 heavy (non-hydrogen) atoms. The molecule has 2 aliphatic rings. The van der Waals surface area contributed by atoms with Gasteiger partial charge in [0.25, 0.3) is 0 Å². The lowest BCUT2D eigenvalue weighted by Crippen LogP contribution is -2.29. The van der Waals surface area contributed by atoms with Crippen LogP contribution in [-0.4, -0.2) is 36.8 Å². The third-order valence-corrected chi connectivity index (χ3v) is 8.04. The summed E-state index contributed by atoms with van der Waals surface area (Å²) >= 11 is 7.67. The number of anilines is 2. The summed E-state index contributed by atoms with van der Waals surface area (Å²) in [6.45, 7) is 0.941. The van der Waals surface area contributed by atoms with E-state index in [2.05, 4.69) is 15.3 Å². The zero-order chi connectivity index (χ0) is 17.4. The lowest BCUT2D eigenvalue weighted by molar-refractivity contribution is 0.0983. The van der Waals surface area contributed by atoms with E-state index >= 15 is 0 Å². The van der Waals surface area contributed by atoms with Gasteiger partial charge in [0.2, 0.25) is 0 Å². The lowest BCUT2D eigenvalue weighted by Gasteiger charge is -2.22. The summed E-state index contributed by atoms with van der Waals surface area (Å²) in [4.78, 5) is 10.2. The van der Waals surface area contributed by atoms with Crippen molar-refractivity contribution in [1.82, 2.24) is 9.97 Å². The Kier molecular flexibility index (Phi) is 4.70. The molecule has 0 atom stereocenters. The number of hydrogen-bond donors (Lipinski definition) is 1. The second-order valence-corrected chi connectivity index (χ2v) is 9.93. The molecule has 1 aliphatic heterocycles. The SMILES string of the molecule is O=S(=O)(c1cc(Cl)nc(Nc2nc3c(s2)CCC3)c1)C1CCOCC1. The quantitative estimate of drug-likeness (QED) is 0.794. The Bertz CT molecular complexity index is 871. The Morgan fingerprint density at radius 2 is 2.00 bits per heavy atom. The van der Waals surface area contributed by atoms with Gasteiger partial charge >= 0.3 is 0 Å². The highest BCUT2D eigenvalue weighted by atomic mass is 35.5. The van der Waals surface area contributed by atoms with Crippen molar-refractivity contribution in [2.45, 2.75) is 42.2 Å². The Morgan fingerprint density at radius 1 is 1.20 bits per heavy atom. The maximum atomic E-state index is 12.9. The van der Waals surface area contributed by atoms with Gasteiger partial charge in [0.15, 0.2) is 15.0 Å². The van der Waals surface area contributed by atoms with Crippen molar-refractivity contribution >= 4 is 43.7 Å². The fourth-order valence-corrected chi connectivity index (χ4v) is 6.31. The molecule has 0 bridgehead atoms. The van der Waals surface area contributed by atoms with Crippen LogP contribution >= 0.6 is 22.9 Å². The number of halogens is 1. The number of rotatable bonds is 4. The molecule has 0 spiro atoms. The van der Waals surface area contributed by atoms with E-state index in [0.717, 1.165) is 30.1 Å².